The highest BCUT2D eigenvalue weighted by Crippen LogP contribution is 2.34. The van der Waals surface area contributed by atoms with Crippen LogP contribution < -0.4 is 0 Å². The van der Waals surface area contributed by atoms with Crippen LogP contribution >= 0.6 is 0 Å². The first kappa shape index (κ1) is 18.9. The Hall–Kier alpha value is 0.884. The van der Waals surface area contributed by atoms with Gasteiger partial charge in [0.15, 0.2) is 16.6 Å². The predicted molar refractivity (Wildman–Crippen MR) is 92.8 cm³/mol. The Balaban J connectivity index is 3.01. The molecule has 1 fully saturated rings. The second-order valence-corrected chi connectivity index (χ2v) is 26.6. The lowest BCUT2D eigenvalue weighted by Gasteiger charge is -2.49. The number of hydrogen-bond donors (Lipinski definition) is 0. The van der Waals surface area contributed by atoms with E-state index in [-0.39, 0.29) is 0 Å². The fourth-order valence-electron chi connectivity index (χ4n) is 2.49. The van der Waals surface area contributed by atoms with Crippen LogP contribution in [0.3, 0.4) is 0 Å². The molecular weight excluding hydrogens is 341 g/mol. The van der Waals surface area contributed by atoms with Gasteiger partial charge in [0, 0.05) is 13.1 Å². The second kappa shape index (κ2) is 5.51. The van der Waals surface area contributed by atoms with Crippen molar-refractivity contribution in [3.8, 4) is 0 Å². The van der Waals surface area contributed by atoms with E-state index in [9.17, 15) is 0 Å². The maximum atomic E-state index is 6.27. The van der Waals surface area contributed by atoms with Crippen LogP contribution in [0.4, 0.5) is 0 Å². The summed E-state index contributed by atoms with van der Waals surface area (Å²) in [5.74, 6) is 0. The van der Waals surface area contributed by atoms with Crippen molar-refractivity contribution in [1.82, 2.24) is 0 Å². The lowest BCUT2D eigenvalue weighted by atomic mass is 11.8. The summed E-state index contributed by atoms with van der Waals surface area (Å²) >= 11 is 0. The Bertz CT molecular complexity index is 326. The quantitative estimate of drug-likeness (QED) is 0.708. The molecule has 0 N–H and O–H groups in total. The molecule has 10 heteroatoms. The van der Waals surface area contributed by atoms with Crippen molar-refractivity contribution in [3.05, 3.63) is 0 Å². The molecule has 0 spiro atoms. The Morgan fingerprint density at radius 3 is 1.15 bits per heavy atom. The molecule has 2 unspecified atom stereocenters. The fraction of sp³-hybridized carbons (Fsp3) is 1.00. The van der Waals surface area contributed by atoms with Crippen LogP contribution in [0.2, 0.25) is 65.5 Å². The third-order valence-corrected chi connectivity index (χ3v) is 19.9. The summed E-state index contributed by atoms with van der Waals surface area (Å²) < 4.78 is 31.1. The Morgan fingerprint density at radius 1 is 0.600 bits per heavy atom. The average Bonchev–Trinajstić information content (AvgIpc) is 1.83. The van der Waals surface area contributed by atoms with Gasteiger partial charge in [0.1, 0.15) is 0 Å². The molecule has 1 heterocycles. The SMILES string of the molecule is C[Si](C)(C)O[Si]1(C)O[Si](C)(C)O[Si](C)(O[Si](C)(C)C)O1. The highest BCUT2D eigenvalue weighted by atomic mass is 28.6. The molecule has 0 aromatic carbocycles. The van der Waals surface area contributed by atoms with Crippen molar-refractivity contribution < 1.29 is 20.6 Å². The highest BCUT2D eigenvalue weighted by molar-refractivity contribution is 6.94. The van der Waals surface area contributed by atoms with Crippen LogP contribution in [-0.2, 0) is 20.6 Å². The topological polar surface area (TPSA) is 46.2 Å². The summed E-state index contributed by atoms with van der Waals surface area (Å²) in [5, 5.41) is 0. The largest absolute Gasteiger partial charge is 0.470 e. The van der Waals surface area contributed by atoms with Crippen LogP contribution in [0.25, 0.3) is 0 Å². The molecule has 0 bridgehead atoms. The van der Waals surface area contributed by atoms with Crippen LogP contribution in [0.1, 0.15) is 0 Å². The van der Waals surface area contributed by atoms with Crippen molar-refractivity contribution in [3.63, 3.8) is 0 Å². The van der Waals surface area contributed by atoms with Crippen LogP contribution in [0.15, 0.2) is 0 Å². The van der Waals surface area contributed by atoms with E-state index in [1.54, 1.807) is 0 Å². The normalized spacial score (nSPS) is 35.1. The van der Waals surface area contributed by atoms with Gasteiger partial charge in [-0.15, -0.1) is 0 Å². The summed E-state index contributed by atoms with van der Waals surface area (Å²) in [6, 6.07) is 0. The minimum Gasteiger partial charge on any atom is -0.417 e. The predicted octanol–water partition coefficient (Wildman–Crippen LogP) is 3.59. The van der Waals surface area contributed by atoms with E-state index >= 15 is 0 Å². The maximum absolute atomic E-state index is 6.27. The first-order valence-corrected chi connectivity index (χ1v) is 21.1. The van der Waals surface area contributed by atoms with E-state index in [1.807, 2.05) is 26.2 Å². The van der Waals surface area contributed by atoms with Crippen molar-refractivity contribution in [1.29, 1.82) is 0 Å². The van der Waals surface area contributed by atoms with E-state index < -0.39 is 42.8 Å². The molecule has 0 aromatic rings. The summed E-state index contributed by atoms with van der Waals surface area (Å²) in [5.41, 5.74) is 0. The van der Waals surface area contributed by atoms with E-state index in [1.165, 1.54) is 0 Å². The Labute approximate surface area is 129 Å². The molecule has 0 saturated carbocycles. The fourth-order valence-corrected chi connectivity index (χ4v) is 25.0. The summed E-state index contributed by atoms with van der Waals surface area (Å²) in [4.78, 5) is 0. The monoisotopic (exact) mass is 370 g/mol. The molecule has 0 aromatic heterocycles. The molecule has 0 radical (unpaired) electrons. The molecule has 1 aliphatic heterocycles. The zero-order valence-corrected chi connectivity index (χ0v) is 19.5. The third-order valence-electron chi connectivity index (χ3n) is 2.22. The molecule has 1 saturated heterocycles. The standard InChI is InChI=1S/C10H30O5Si5/c1-16(2,3)11-19(9)13-18(7,8)14-20(10,15-19)12-17(4,5)6/h1-10H3. The van der Waals surface area contributed by atoms with Crippen molar-refractivity contribution >= 4 is 42.8 Å². The molecule has 2 atom stereocenters. The summed E-state index contributed by atoms with van der Waals surface area (Å²) in [6.45, 7) is 21.0. The first-order chi connectivity index (χ1) is 8.54. The minimum absolute atomic E-state index is 1.74. The zero-order chi connectivity index (χ0) is 16.0. The van der Waals surface area contributed by atoms with E-state index in [4.69, 9.17) is 20.6 Å². The Kier molecular flexibility index (Phi) is 5.21. The second-order valence-electron chi connectivity index (χ2n) is 7.86. The molecule has 1 rings (SSSR count). The smallest absolute Gasteiger partial charge is 0.417 e. The van der Waals surface area contributed by atoms with Gasteiger partial charge in [-0.05, 0) is 52.4 Å². The molecule has 0 amide bonds. The van der Waals surface area contributed by atoms with Gasteiger partial charge in [-0.2, -0.15) is 0 Å². The average molecular weight is 371 g/mol. The van der Waals surface area contributed by atoms with Gasteiger partial charge in [-0.3, -0.25) is 0 Å². The molecule has 20 heavy (non-hydrogen) atoms. The van der Waals surface area contributed by atoms with Gasteiger partial charge < -0.3 is 20.6 Å². The number of hydrogen-bond acceptors (Lipinski definition) is 5. The maximum Gasteiger partial charge on any atom is 0.470 e. The first-order valence-electron chi connectivity index (χ1n) is 7.04. The van der Waals surface area contributed by atoms with Gasteiger partial charge >= 0.3 is 26.2 Å². The van der Waals surface area contributed by atoms with Crippen LogP contribution in [0.5, 0.6) is 0 Å². The summed E-state index contributed by atoms with van der Waals surface area (Å²) in [7, 11) is -11.1. The Morgan fingerprint density at radius 2 is 0.900 bits per heavy atom. The van der Waals surface area contributed by atoms with E-state index in [0.29, 0.717) is 0 Å². The van der Waals surface area contributed by atoms with Gasteiger partial charge in [0.05, 0.1) is 0 Å². The minimum atomic E-state index is -2.69. The molecule has 5 nitrogen and oxygen atoms in total. The lowest BCUT2D eigenvalue weighted by molar-refractivity contribution is 0.125. The van der Waals surface area contributed by atoms with Gasteiger partial charge in [0.25, 0.3) is 0 Å². The number of rotatable bonds is 4. The lowest BCUT2D eigenvalue weighted by Crippen LogP contribution is -2.71. The van der Waals surface area contributed by atoms with Crippen LogP contribution in [-0.4, -0.2) is 42.8 Å². The van der Waals surface area contributed by atoms with Crippen molar-refractivity contribution in [2.24, 2.45) is 0 Å². The van der Waals surface area contributed by atoms with Gasteiger partial charge in [-0.1, -0.05) is 0 Å². The van der Waals surface area contributed by atoms with Gasteiger partial charge in [-0.25, -0.2) is 0 Å². The van der Waals surface area contributed by atoms with Crippen molar-refractivity contribution in [2.75, 3.05) is 0 Å². The van der Waals surface area contributed by atoms with Crippen LogP contribution in [0, 0.1) is 0 Å². The van der Waals surface area contributed by atoms with Crippen molar-refractivity contribution in [2.45, 2.75) is 65.5 Å². The highest BCUT2D eigenvalue weighted by Gasteiger charge is 2.60. The third kappa shape index (κ3) is 6.33. The molecule has 1 aliphatic rings. The van der Waals surface area contributed by atoms with E-state index in [2.05, 4.69) is 39.3 Å². The molecule has 0 aliphatic carbocycles. The molecular formula is C10H30O5Si5. The van der Waals surface area contributed by atoms with E-state index in [0.717, 1.165) is 0 Å². The van der Waals surface area contributed by atoms with Gasteiger partial charge in [0.2, 0.25) is 0 Å². The summed E-state index contributed by atoms with van der Waals surface area (Å²) in [6.07, 6.45) is 0. The molecule has 120 valence electrons. The zero-order valence-electron chi connectivity index (χ0n) is 14.5.